The largest absolute Gasteiger partial charge is 0.508 e. The Balaban J connectivity index is 1.81. The van der Waals surface area contributed by atoms with Crippen LogP contribution >= 0.6 is 0 Å². The van der Waals surface area contributed by atoms with Crippen molar-refractivity contribution in [1.82, 2.24) is 0 Å². The van der Waals surface area contributed by atoms with Gasteiger partial charge in [0.25, 0.3) is 0 Å². The van der Waals surface area contributed by atoms with Gasteiger partial charge in [-0.25, -0.2) is 0 Å². The highest BCUT2D eigenvalue weighted by Crippen LogP contribution is 2.24. The highest BCUT2D eigenvalue weighted by atomic mass is 16.3. The van der Waals surface area contributed by atoms with Gasteiger partial charge in [-0.3, -0.25) is 0 Å². The molecular weight excluding hydrogens is 346 g/mol. The molecule has 0 aliphatic rings. The number of phenolic OH excluding ortho intramolecular Hbond substituents is 2. The average Bonchev–Trinajstić information content (AvgIpc) is 2.68. The number of benzene rings is 1. The number of hydrogen-bond acceptors (Lipinski definition) is 3. The number of rotatable bonds is 18. The van der Waals surface area contributed by atoms with Gasteiger partial charge in [0.2, 0.25) is 0 Å². The summed E-state index contributed by atoms with van der Waals surface area (Å²) in [6, 6.07) is 4.72. The van der Waals surface area contributed by atoms with Crippen LogP contribution in [0.4, 0.5) is 0 Å². The maximum Gasteiger partial charge on any atom is 0.126 e. The molecule has 0 unspecified atom stereocenters. The topological polar surface area (TPSA) is 66.5 Å². The van der Waals surface area contributed by atoms with E-state index in [2.05, 4.69) is 6.08 Å². The lowest BCUT2D eigenvalue weighted by Gasteiger charge is -2.03. The first-order chi connectivity index (χ1) is 13.7. The first kappa shape index (κ1) is 24.6. The van der Waals surface area contributed by atoms with Crippen molar-refractivity contribution in [1.29, 1.82) is 0 Å². The van der Waals surface area contributed by atoms with E-state index in [4.69, 9.17) is 5.73 Å². The molecule has 0 amide bonds. The highest BCUT2D eigenvalue weighted by Gasteiger charge is 1.98. The lowest BCUT2D eigenvalue weighted by Crippen LogP contribution is -1.97. The maximum absolute atomic E-state index is 9.72. The molecule has 0 radical (unpaired) electrons. The van der Waals surface area contributed by atoms with Crippen molar-refractivity contribution in [3.8, 4) is 11.5 Å². The molecule has 1 rings (SSSR count). The van der Waals surface area contributed by atoms with Crippen LogP contribution in [0.15, 0.2) is 24.3 Å². The number of nitrogens with two attached hydrogens (primary N) is 1. The lowest BCUT2D eigenvalue weighted by atomic mass is 10.0. The Morgan fingerprint density at radius 3 is 1.57 bits per heavy atom. The monoisotopic (exact) mass is 389 g/mol. The molecule has 4 N–H and O–H groups in total. The molecule has 0 aliphatic carbocycles. The first-order valence-electron chi connectivity index (χ1n) is 11.6. The van der Waals surface area contributed by atoms with Crippen molar-refractivity contribution in [3.63, 3.8) is 0 Å². The fourth-order valence-electron chi connectivity index (χ4n) is 3.59. The third-order valence-electron chi connectivity index (χ3n) is 5.39. The number of phenols is 2. The molecule has 0 heterocycles. The summed E-state index contributed by atoms with van der Waals surface area (Å²) in [5.41, 5.74) is 6.27. The summed E-state index contributed by atoms with van der Waals surface area (Å²) in [6.07, 6.45) is 25.4. The van der Waals surface area contributed by atoms with E-state index in [1.54, 1.807) is 12.1 Å². The Hall–Kier alpha value is -1.48. The zero-order valence-corrected chi connectivity index (χ0v) is 17.9. The van der Waals surface area contributed by atoms with E-state index in [1.165, 1.54) is 102 Å². The van der Waals surface area contributed by atoms with Crippen molar-refractivity contribution >= 4 is 6.08 Å². The summed E-state index contributed by atoms with van der Waals surface area (Å²) in [5.74, 6) is 0.238. The predicted molar refractivity (Wildman–Crippen MR) is 122 cm³/mol. The normalized spacial score (nSPS) is 11.5. The van der Waals surface area contributed by atoms with Gasteiger partial charge in [-0.05, 0) is 37.9 Å². The van der Waals surface area contributed by atoms with Gasteiger partial charge < -0.3 is 15.9 Å². The lowest BCUT2D eigenvalue weighted by molar-refractivity contribution is 0.450. The second-order valence-corrected chi connectivity index (χ2v) is 8.03. The van der Waals surface area contributed by atoms with Gasteiger partial charge in [0, 0.05) is 11.6 Å². The van der Waals surface area contributed by atoms with Crippen LogP contribution in [0.2, 0.25) is 0 Å². The van der Waals surface area contributed by atoms with Gasteiger partial charge in [-0.15, -0.1) is 0 Å². The molecule has 0 aliphatic heterocycles. The zero-order chi connectivity index (χ0) is 20.3. The molecule has 0 bridgehead atoms. The summed E-state index contributed by atoms with van der Waals surface area (Å²) in [7, 11) is 0. The molecule has 0 saturated heterocycles. The molecule has 1 aromatic rings. The molecule has 160 valence electrons. The van der Waals surface area contributed by atoms with Crippen LogP contribution in [0.3, 0.4) is 0 Å². The summed E-state index contributed by atoms with van der Waals surface area (Å²) in [6.45, 7) is 0.851. The molecule has 3 heteroatoms. The van der Waals surface area contributed by atoms with Crippen molar-refractivity contribution in [2.24, 2.45) is 5.73 Å². The molecule has 0 aromatic heterocycles. The minimum atomic E-state index is 0.101. The minimum Gasteiger partial charge on any atom is -0.508 e. The van der Waals surface area contributed by atoms with E-state index < -0.39 is 0 Å². The van der Waals surface area contributed by atoms with Gasteiger partial charge in [-0.2, -0.15) is 0 Å². The SMILES string of the molecule is NCCCCCCCCCCCCCCCCCC=Cc1ccc(O)cc1O. The quantitative estimate of drug-likeness (QED) is 0.231. The van der Waals surface area contributed by atoms with Crippen LogP contribution in [-0.4, -0.2) is 16.8 Å². The van der Waals surface area contributed by atoms with E-state index in [0.717, 1.165) is 18.5 Å². The van der Waals surface area contributed by atoms with E-state index >= 15 is 0 Å². The van der Waals surface area contributed by atoms with Crippen LogP contribution in [0.5, 0.6) is 11.5 Å². The van der Waals surface area contributed by atoms with E-state index in [-0.39, 0.29) is 11.5 Å². The van der Waals surface area contributed by atoms with E-state index in [1.807, 2.05) is 6.08 Å². The van der Waals surface area contributed by atoms with Gasteiger partial charge in [0.05, 0.1) is 0 Å². The fourth-order valence-corrected chi connectivity index (χ4v) is 3.59. The van der Waals surface area contributed by atoms with Crippen LogP contribution in [0, 0.1) is 0 Å². The van der Waals surface area contributed by atoms with Gasteiger partial charge in [0.1, 0.15) is 11.5 Å². The third-order valence-corrected chi connectivity index (χ3v) is 5.39. The van der Waals surface area contributed by atoms with Crippen molar-refractivity contribution in [3.05, 3.63) is 29.8 Å². The Morgan fingerprint density at radius 2 is 1.11 bits per heavy atom. The number of hydrogen-bond donors (Lipinski definition) is 3. The average molecular weight is 390 g/mol. The smallest absolute Gasteiger partial charge is 0.126 e. The van der Waals surface area contributed by atoms with E-state index in [9.17, 15) is 10.2 Å². The minimum absolute atomic E-state index is 0.101. The zero-order valence-electron chi connectivity index (χ0n) is 17.9. The van der Waals surface area contributed by atoms with Gasteiger partial charge in [-0.1, -0.05) is 95.6 Å². The Labute approximate surface area is 173 Å². The standard InChI is InChI=1S/C25H43NO2/c26-21-17-15-13-11-9-7-5-3-1-2-4-6-8-10-12-14-16-18-23-19-20-24(27)22-25(23)28/h16,18-20,22,27-28H,1-15,17,21,26H2. The fraction of sp³-hybridized carbons (Fsp3) is 0.680. The predicted octanol–water partition coefficient (Wildman–Crippen LogP) is 7.31. The second-order valence-electron chi connectivity index (χ2n) is 8.03. The molecule has 28 heavy (non-hydrogen) atoms. The Morgan fingerprint density at radius 1 is 0.643 bits per heavy atom. The molecular formula is C25H43NO2. The Bertz CT molecular complexity index is 513. The van der Waals surface area contributed by atoms with Crippen LogP contribution in [-0.2, 0) is 0 Å². The number of unbranched alkanes of at least 4 members (excludes halogenated alkanes) is 15. The maximum atomic E-state index is 9.72. The van der Waals surface area contributed by atoms with Crippen LogP contribution in [0.1, 0.15) is 108 Å². The summed E-state index contributed by atoms with van der Waals surface area (Å²) in [5, 5.41) is 19.0. The number of allylic oxidation sites excluding steroid dienone is 1. The molecule has 0 saturated carbocycles. The first-order valence-corrected chi connectivity index (χ1v) is 11.6. The highest BCUT2D eigenvalue weighted by molar-refractivity contribution is 5.58. The third kappa shape index (κ3) is 13.7. The van der Waals surface area contributed by atoms with Crippen molar-refractivity contribution in [2.75, 3.05) is 6.54 Å². The Kier molecular flexibility index (Phi) is 15.4. The van der Waals surface area contributed by atoms with Crippen molar-refractivity contribution in [2.45, 2.75) is 103 Å². The van der Waals surface area contributed by atoms with Crippen molar-refractivity contribution < 1.29 is 10.2 Å². The van der Waals surface area contributed by atoms with Crippen LogP contribution < -0.4 is 5.73 Å². The van der Waals surface area contributed by atoms with Gasteiger partial charge >= 0.3 is 0 Å². The summed E-state index contributed by atoms with van der Waals surface area (Å²) < 4.78 is 0. The molecule has 0 fully saturated rings. The number of aromatic hydroxyl groups is 2. The summed E-state index contributed by atoms with van der Waals surface area (Å²) in [4.78, 5) is 0. The van der Waals surface area contributed by atoms with Gasteiger partial charge in [0.15, 0.2) is 0 Å². The second kappa shape index (κ2) is 17.6. The van der Waals surface area contributed by atoms with E-state index in [0.29, 0.717) is 0 Å². The molecule has 0 atom stereocenters. The molecule has 0 spiro atoms. The molecule has 1 aromatic carbocycles. The molecule has 3 nitrogen and oxygen atoms in total. The van der Waals surface area contributed by atoms with Crippen LogP contribution in [0.25, 0.3) is 6.08 Å². The summed E-state index contributed by atoms with van der Waals surface area (Å²) >= 11 is 0.